The molecule has 38 heavy (non-hydrogen) atoms. The van der Waals surface area contributed by atoms with E-state index in [2.05, 4.69) is 64.2 Å². The fourth-order valence-corrected chi connectivity index (χ4v) is 6.67. The molecule has 0 bridgehead atoms. The van der Waals surface area contributed by atoms with Crippen molar-refractivity contribution in [2.45, 2.75) is 84.3 Å². The van der Waals surface area contributed by atoms with Crippen LogP contribution in [0.2, 0.25) is 0 Å². The van der Waals surface area contributed by atoms with Gasteiger partial charge in [-0.15, -0.1) is 0 Å². The molecule has 2 aliphatic rings. The summed E-state index contributed by atoms with van der Waals surface area (Å²) in [6.07, 6.45) is 5.91. The average Bonchev–Trinajstić information content (AvgIpc) is 3.49. The van der Waals surface area contributed by atoms with Crippen molar-refractivity contribution >= 4 is 6.03 Å². The Bertz CT molecular complexity index is 1300. The summed E-state index contributed by atoms with van der Waals surface area (Å²) < 4.78 is 15.5. The third-order valence-electron chi connectivity index (χ3n) is 8.30. The Morgan fingerprint density at radius 3 is 2.42 bits per heavy atom. The smallest absolute Gasteiger partial charge is 0.318 e. The summed E-state index contributed by atoms with van der Waals surface area (Å²) in [5, 5.41) is 8.11. The lowest BCUT2D eigenvalue weighted by molar-refractivity contribution is 0.160. The summed E-state index contributed by atoms with van der Waals surface area (Å²) in [5.74, 6) is 0.432. The number of fused-ring (bicyclic) bond motifs is 1. The Morgan fingerprint density at radius 1 is 1.08 bits per heavy atom. The van der Waals surface area contributed by atoms with Crippen molar-refractivity contribution in [3.63, 3.8) is 0 Å². The molecule has 0 aliphatic heterocycles. The molecule has 0 saturated heterocycles. The minimum Gasteiger partial charge on any atom is -0.331 e. The predicted octanol–water partition coefficient (Wildman–Crippen LogP) is 7.34. The highest BCUT2D eigenvalue weighted by Gasteiger charge is 2.37. The van der Waals surface area contributed by atoms with Gasteiger partial charge in [-0.25, -0.2) is 13.9 Å². The summed E-state index contributed by atoms with van der Waals surface area (Å²) in [6.45, 7) is 10.6. The molecule has 2 aromatic carbocycles. The van der Waals surface area contributed by atoms with E-state index in [0.29, 0.717) is 5.92 Å². The number of nitrogens with zero attached hydrogens (tertiary/aromatic N) is 3. The molecule has 3 aromatic rings. The second-order valence-electron chi connectivity index (χ2n) is 11.4. The van der Waals surface area contributed by atoms with Crippen molar-refractivity contribution < 1.29 is 9.18 Å². The highest BCUT2D eigenvalue weighted by molar-refractivity contribution is 5.75. The fraction of sp³-hybridized carbons (Fsp3) is 0.438. The molecule has 2 amide bonds. The monoisotopic (exact) mass is 514 g/mol. The van der Waals surface area contributed by atoms with E-state index in [9.17, 15) is 9.18 Å². The van der Waals surface area contributed by atoms with Crippen molar-refractivity contribution in [1.82, 2.24) is 20.0 Å². The molecule has 5 nitrogen and oxygen atoms in total. The molecular weight excluding hydrogens is 475 g/mol. The maximum atomic E-state index is 13.5. The molecule has 1 aromatic heterocycles. The van der Waals surface area contributed by atoms with Crippen LogP contribution in [0.5, 0.6) is 0 Å². The maximum Gasteiger partial charge on any atom is 0.318 e. The van der Waals surface area contributed by atoms with Gasteiger partial charge in [0.1, 0.15) is 5.82 Å². The molecule has 0 saturated carbocycles. The lowest BCUT2D eigenvalue weighted by atomic mass is 9.78. The number of carbonyl (C=O) groups is 1. The largest absolute Gasteiger partial charge is 0.331 e. The van der Waals surface area contributed by atoms with Gasteiger partial charge in [0, 0.05) is 30.0 Å². The summed E-state index contributed by atoms with van der Waals surface area (Å²) >= 11 is 0. The van der Waals surface area contributed by atoms with Gasteiger partial charge in [0.25, 0.3) is 0 Å². The molecule has 1 unspecified atom stereocenters. The standard InChI is InChI=1S/C32H39FN4O/c1-20(2)36(21(3)4)32(38)35-29(23-9-7-6-8-10-23)17-24-11-12-25-18-30-28(22(5)31(24)25)19-34-37(30)27-15-13-26(33)14-16-27/h6-10,13-16,19-22,24,29H,11-12,17-18H2,1-5H3,(H,35,38)/t22-,24+,29?/m0/s1. The van der Waals surface area contributed by atoms with Gasteiger partial charge in [0.05, 0.1) is 23.6 Å². The molecule has 2 aliphatic carbocycles. The van der Waals surface area contributed by atoms with Gasteiger partial charge in [-0.05, 0) is 82.7 Å². The first-order valence-electron chi connectivity index (χ1n) is 13.9. The first-order chi connectivity index (χ1) is 18.2. The summed E-state index contributed by atoms with van der Waals surface area (Å²) in [7, 11) is 0. The molecule has 0 spiro atoms. The second-order valence-corrected chi connectivity index (χ2v) is 11.4. The van der Waals surface area contributed by atoms with Gasteiger partial charge in [0.2, 0.25) is 0 Å². The van der Waals surface area contributed by atoms with Crippen LogP contribution in [-0.2, 0) is 6.42 Å². The third kappa shape index (κ3) is 5.01. The van der Waals surface area contributed by atoms with Crippen LogP contribution in [0.3, 0.4) is 0 Å². The third-order valence-corrected chi connectivity index (χ3v) is 8.30. The Labute approximate surface area is 225 Å². The number of urea groups is 1. The Hall–Kier alpha value is -3.41. The number of carbonyl (C=O) groups excluding carboxylic acids is 1. The SMILES string of the molecule is CC(C)N(C(=O)NC(C[C@H]1CCC2=C1[C@@H](C)c1cnn(-c3ccc(F)cc3)c1C2)c1ccccc1)C(C)C. The minimum absolute atomic E-state index is 0.00407. The van der Waals surface area contributed by atoms with Crippen molar-refractivity contribution in [2.24, 2.45) is 5.92 Å². The van der Waals surface area contributed by atoms with E-state index in [0.717, 1.165) is 36.9 Å². The zero-order valence-electron chi connectivity index (χ0n) is 23.1. The fourth-order valence-electron chi connectivity index (χ4n) is 6.67. The molecule has 1 N–H and O–H groups in total. The Balaban J connectivity index is 1.40. The van der Waals surface area contributed by atoms with Crippen molar-refractivity contribution in [3.8, 4) is 5.69 Å². The number of allylic oxidation sites excluding steroid dienone is 2. The van der Waals surface area contributed by atoms with E-state index in [-0.39, 0.29) is 35.9 Å². The lowest BCUT2D eigenvalue weighted by Crippen LogP contribution is -2.48. The molecule has 0 fully saturated rings. The van der Waals surface area contributed by atoms with Crippen LogP contribution < -0.4 is 5.32 Å². The zero-order valence-corrected chi connectivity index (χ0v) is 23.1. The molecule has 1 heterocycles. The minimum atomic E-state index is -0.239. The number of aromatic nitrogens is 2. The van der Waals surface area contributed by atoms with E-state index in [1.165, 1.54) is 34.5 Å². The number of hydrogen-bond acceptors (Lipinski definition) is 2. The van der Waals surface area contributed by atoms with Crippen LogP contribution in [-0.4, -0.2) is 32.8 Å². The lowest BCUT2D eigenvalue weighted by Gasteiger charge is -2.34. The first kappa shape index (κ1) is 26.2. The molecular formula is C32H39FN4O. The number of nitrogens with one attached hydrogen (secondary N) is 1. The number of hydrogen-bond donors (Lipinski definition) is 1. The van der Waals surface area contributed by atoms with Crippen LogP contribution in [0.4, 0.5) is 9.18 Å². The van der Waals surface area contributed by atoms with Crippen molar-refractivity contribution in [2.75, 3.05) is 0 Å². The highest BCUT2D eigenvalue weighted by Crippen LogP contribution is 2.49. The molecule has 3 atom stereocenters. The number of rotatable bonds is 7. The van der Waals surface area contributed by atoms with E-state index < -0.39 is 0 Å². The van der Waals surface area contributed by atoms with Gasteiger partial charge < -0.3 is 10.2 Å². The summed E-state index contributed by atoms with van der Waals surface area (Å²) in [5.41, 5.74) is 7.53. The zero-order chi connectivity index (χ0) is 27.0. The first-order valence-corrected chi connectivity index (χ1v) is 13.9. The quantitative estimate of drug-likeness (QED) is 0.336. The maximum absolute atomic E-state index is 13.5. The number of amides is 2. The van der Waals surface area contributed by atoms with E-state index in [1.807, 2.05) is 21.8 Å². The summed E-state index contributed by atoms with van der Waals surface area (Å²) in [4.78, 5) is 15.3. The van der Waals surface area contributed by atoms with E-state index in [1.54, 1.807) is 12.1 Å². The highest BCUT2D eigenvalue weighted by atomic mass is 19.1. The number of halogens is 1. The van der Waals surface area contributed by atoms with Gasteiger partial charge in [-0.2, -0.15) is 5.10 Å². The second kappa shape index (κ2) is 10.8. The normalized spacial score (nSPS) is 19.5. The molecule has 200 valence electrons. The molecule has 5 rings (SSSR count). The van der Waals surface area contributed by atoms with Gasteiger partial charge in [0.15, 0.2) is 0 Å². The predicted molar refractivity (Wildman–Crippen MR) is 150 cm³/mol. The topological polar surface area (TPSA) is 50.2 Å². The molecule has 6 heteroatoms. The van der Waals surface area contributed by atoms with Gasteiger partial charge in [-0.3, -0.25) is 0 Å². The Kier molecular flexibility index (Phi) is 7.42. The van der Waals surface area contributed by atoms with Crippen molar-refractivity contribution in [1.29, 1.82) is 0 Å². The van der Waals surface area contributed by atoms with Gasteiger partial charge in [-0.1, -0.05) is 48.4 Å². The molecule has 0 radical (unpaired) electrons. The summed E-state index contributed by atoms with van der Waals surface area (Å²) in [6, 6.07) is 17.1. The van der Waals surface area contributed by atoms with Crippen LogP contribution in [0.15, 0.2) is 71.9 Å². The van der Waals surface area contributed by atoms with Crippen molar-refractivity contribution in [3.05, 3.63) is 94.6 Å². The number of benzene rings is 2. The Morgan fingerprint density at radius 2 is 1.76 bits per heavy atom. The van der Waals surface area contributed by atoms with Crippen LogP contribution in [0.25, 0.3) is 5.69 Å². The van der Waals surface area contributed by atoms with Gasteiger partial charge >= 0.3 is 6.03 Å². The van der Waals surface area contributed by atoms with E-state index >= 15 is 0 Å². The van der Waals surface area contributed by atoms with Crippen LogP contribution >= 0.6 is 0 Å². The van der Waals surface area contributed by atoms with Crippen LogP contribution in [0.1, 0.15) is 82.7 Å². The average molecular weight is 515 g/mol. The van der Waals surface area contributed by atoms with E-state index in [4.69, 9.17) is 5.10 Å². The van der Waals surface area contributed by atoms with Crippen LogP contribution in [0, 0.1) is 11.7 Å².